The van der Waals surface area contributed by atoms with Gasteiger partial charge in [-0.05, 0) is 99.7 Å². The maximum Gasteiger partial charge on any atom is 0.0963 e. The van der Waals surface area contributed by atoms with Gasteiger partial charge in [-0.15, -0.1) is 22.7 Å². The lowest BCUT2D eigenvalue weighted by Crippen LogP contribution is -2.71. The first-order valence-electron chi connectivity index (χ1n) is 18.9. The Morgan fingerprint density at radius 3 is 2.42 bits per heavy atom. The summed E-state index contributed by atoms with van der Waals surface area (Å²) in [4.78, 5) is 4.02. The fourth-order valence-electron chi connectivity index (χ4n) is 9.77. The van der Waals surface area contributed by atoms with E-state index in [9.17, 15) is 0 Å². The smallest absolute Gasteiger partial charge is 0.0963 e. The van der Waals surface area contributed by atoms with Crippen molar-refractivity contribution in [1.29, 1.82) is 0 Å². The third-order valence-corrected chi connectivity index (χ3v) is 19.6. The van der Waals surface area contributed by atoms with Crippen molar-refractivity contribution in [2.45, 2.75) is 37.9 Å². The molecule has 0 fully saturated rings. The number of benzene rings is 6. The van der Waals surface area contributed by atoms with Crippen molar-refractivity contribution in [3.05, 3.63) is 167 Å². The Labute approximate surface area is 319 Å². The van der Waals surface area contributed by atoms with Crippen LogP contribution in [0.15, 0.2) is 151 Å². The Bertz CT molecular complexity index is 2910. The van der Waals surface area contributed by atoms with E-state index >= 15 is 0 Å². The van der Waals surface area contributed by atoms with E-state index in [0.29, 0.717) is 5.92 Å². The maximum absolute atomic E-state index is 2.64. The number of fused-ring (bicyclic) bond motifs is 10. The summed E-state index contributed by atoms with van der Waals surface area (Å²) in [5.41, 5.74) is 9.36. The molecule has 4 heteroatoms. The van der Waals surface area contributed by atoms with Gasteiger partial charge in [0, 0.05) is 46.2 Å². The molecule has 11 rings (SSSR count). The van der Waals surface area contributed by atoms with Gasteiger partial charge in [-0.2, -0.15) is 0 Å². The van der Waals surface area contributed by atoms with Gasteiger partial charge in [0.1, 0.15) is 0 Å². The predicted octanol–water partition coefficient (Wildman–Crippen LogP) is 13.7. The van der Waals surface area contributed by atoms with E-state index in [1.165, 1.54) is 74.1 Å². The lowest BCUT2D eigenvalue weighted by atomic mass is 9.86. The second-order valence-electron chi connectivity index (χ2n) is 15.8. The summed E-state index contributed by atoms with van der Waals surface area (Å²) in [6, 6.07) is 45.3. The van der Waals surface area contributed by atoms with Crippen LogP contribution in [-0.4, -0.2) is 8.07 Å². The summed E-state index contributed by atoms with van der Waals surface area (Å²) < 4.78 is 4.19. The van der Waals surface area contributed by atoms with Crippen LogP contribution < -0.4 is 10.1 Å². The van der Waals surface area contributed by atoms with Crippen molar-refractivity contribution < 1.29 is 0 Å². The van der Waals surface area contributed by atoms with Gasteiger partial charge >= 0.3 is 0 Å². The molecule has 0 saturated carbocycles. The monoisotopic (exact) mass is 733 g/mol. The molecule has 0 amide bonds. The molecule has 0 bridgehead atoms. The van der Waals surface area contributed by atoms with Crippen LogP contribution in [0.5, 0.6) is 0 Å². The normalized spacial score (nSPS) is 19.8. The third kappa shape index (κ3) is 4.46. The Hall–Kier alpha value is -5.00. The van der Waals surface area contributed by atoms with Crippen LogP contribution in [-0.2, 0) is 11.5 Å². The molecule has 6 aromatic carbocycles. The summed E-state index contributed by atoms with van der Waals surface area (Å²) in [6.07, 6.45) is 14.7. The van der Waals surface area contributed by atoms with Crippen molar-refractivity contribution >= 4 is 94.4 Å². The van der Waals surface area contributed by atoms with Crippen LogP contribution in [0.25, 0.3) is 58.2 Å². The number of thiophene rings is 2. The average molecular weight is 734 g/mol. The zero-order valence-electron chi connectivity index (χ0n) is 30.2. The Morgan fingerprint density at radius 2 is 1.53 bits per heavy atom. The lowest BCUT2D eigenvalue weighted by molar-refractivity contribution is 0.702. The van der Waals surface area contributed by atoms with Gasteiger partial charge in [0.25, 0.3) is 0 Å². The molecule has 3 aliphatic rings. The summed E-state index contributed by atoms with van der Waals surface area (Å²) >= 11 is 3.93. The topological polar surface area (TPSA) is 3.24 Å². The number of hydrogen-bond acceptors (Lipinski definition) is 3. The lowest BCUT2D eigenvalue weighted by Gasteiger charge is -2.56. The molecule has 0 radical (unpaired) electrons. The van der Waals surface area contributed by atoms with Gasteiger partial charge < -0.3 is 4.90 Å². The van der Waals surface area contributed by atoms with E-state index in [1.807, 2.05) is 22.7 Å². The van der Waals surface area contributed by atoms with Crippen LogP contribution >= 0.6 is 22.7 Å². The minimum absolute atomic E-state index is 0.0890. The zero-order valence-corrected chi connectivity index (χ0v) is 32.8. The van der Waals surface area contributed by atoms with Gasteiger partial charge in [0.05, 0.1) is 13.8 Å². The van der Waals surface area contributed by atoms with Crippen LogP contribution in [0.2, 0.25) is 13.1 Å². The van der Waals surface area contributed by atoms with E-state index < -0.39 is 8.07 Å². The summed E-state index contributed by atoms with van der Waals surface area (Å²) in [5.74, 6) is 0.598. The molecule has 2 unspecified atom stereocenters. The maximum atomic E-state index is 2.64. The highest BCUT2D eigenvalue weighted by Gasteiger charge is 2.58. The van der Waals surface area contributed by atoms with E-state index in [-0.39, 0.29) is 5.04 Å². The van der Waals surface area contributed by atoms with E-state index in [4.69, 9.17) is 0 Å². The Morgan fingerprint density at radius 1 is 0.736 bits per heavy atom. The fourth-order valence-corrected chi connectivity index (χ4v) is 16.2. The third-order valence-electron chi connectivity index (χ3n) is 12.6. The second-order valence-corrected chi connectivity index (χ2v) is 22.6. The fraction of sp³-hybridized carbons (Fsp3) is 0.143. The molecule has 2 atom stereocenters. The average Bonchev–Trinajstić information content (AvgIpc) is 3.76. The molecule has 53 heavy (non-hydrogen) atoms. The van der Waals surface area contributed by atoms with Gasteiger partial charge in [0.2, 0.25) is 0 Å². The van der Waals surface area contributed by atoms with Gasteiger partial charge in [0.15, 0.2) is 0 Å². The quantitative estimate of drug-likeness (QED) is 0.163. The molecule has 1 aliphatic heterocycles. The highest BCUT2D eigenvalue weighted by Crippen LogP contribution is 2.55. The van der Waals surface area contributed by atoms with E-state index in [0.717, 1.165) is 12.8 Å². The van der Waals surface area contributed by atoms with Crippen LogP contribution in [0.1, 0.15) is 29.3 Å². The van der Waals surface area contributed by atoms with Crippen molar-refractivity contribution in [2.24, 2.45) is 5.92 Å². The minimum atomic E-state index is -1.80. The predicted molar refractivity (Wildman–Crippen MR) is 235 cm³/mol. The Kier molecular flexibility index (Phi) is 6.84. The number of hydrogen-bond donors (Lipinski definition) is 0. The molecule has 8 aromatic rings. The first-order chi connectivity index (χ1) is 25.9. The van der Waals surface area contributed by atoms with Crippen molar-refractivity contribution in [3.8, 4) is 11.1 Å². The van der Waals surface area contributed by atoms with Crippen LogP contribution in [0.3, 0.4) is 0 Å². The van der Waals surface area contributed by atoms with E-state index in [2.05, 4.69) is 177 Å². The number of anilines is 2. The zero-order chi connectivity index (χ0) is 35.5. The van der Waals surface area contributed by atoms with Crippen LogP contribution in [0, 0.1) is 5.92 Å². The first kappa shape index (κ1) is 31.5. The summed E-state index contributed by atoms with van der Waals surface area (Å²) in [5, 5.41) is 8.44. The Balaban J connectivity index is 1.09. The molecule has 3 heterocycles. The molecule has 1 nitrogen and oxygen atoms in total. The molecule has 256 valence electrons. The van der Waals surface area contributed by atoms with E-state index in [1.54, 1.807) is 16.3 Å². The molecule has 2 aliphatic carbocycles. The molecular weight excluding hydrogens is 695 g/mol. The SMILES string of the molecule is CC1C=Cc2sc3c4c(ccc3c2C1)[Si](C)(C)C41C=CC(N(c2cccc(-c3cccc4ccccc34)c2)c2cccc3sc4ccccc4c23)=CC1. The van der Waals surface area contributed by atoms with Crippen molar-refractivity contribution in [2.75, 3.05) is 4.90 Å². The second kappa shape index (κ2) is 11.5. The number of allylic oxidation sites excluding steroid dienone is 4. The van der Waals surface area contributed by atoms with Gasteiger partial charge in [-0.25, -0.2) is 0 Å². The summed E-state index contributed by atoms with van der Waals surface area (Å²) in [7, 11) is -1.80. The van der Waals surface area contributed by atoms with Crippen molar-refractivity contribution in [3.63, 3.8) is 0 Å². The largest absolute Gasteiger partial charge is 0.310 e. The molecular formula is C49H39NS2Si. The molecule has 0 N–H and O–H groups in total. The number of nitrogens with zero attached hydrogens (tertiary/aromatic N) is 1. The number of rotatable bonds is 4. The molecule has 2 aromatic heterocycles. The molecule has 1 spiro atoms. The minimum Gasteiger partial charge on any atom is -0.310 e. The van der Waals surface area contributed by atoms with Crippen molar-refractivity contribution in [1.82, 2.24) is 0 Å². The molecule has 0 saturated heterocycles. The summed E-state index contributed by atoms with van der Waals surface area (Å²) in [6.45, 7) is 7.55. The van der Waals surface area contributed by atoms with Gasteiger partial charge in [-0.1, -0.05) is 134 Å². The highest BCUT2D eigenvalue weighted by molar-refractivity contribution is 7.26. The van der Waals surface area contributed by atoms with Crippen LogP contribution in [0.4, 0.5) is 11.4 Å². The first-order valence-corrected chi connectivity index (χ1v) is 23.5. The standard InChI is InChI=1S/C49H39NS2Si/c1-31-21-23-43-40(29-31)38-22-24-45-47(48(38)52-43)49(53(45,2)3)27-25-34(26-28-49)50(41-18-10-20-44-46(41)39-16-6-7-19-42(39)51-44)35-14-8-13-33(30-35)37-17-9-12-32-11-4-5-15-36(32)37/h4-27,30-31H,28-29H2,1-3H3. The highest BCUT2D eigenvalue weighted by atomic mass is 32.1. The van der Waals surface area contributed by atoms with Gasteiger partial charge in [-0.3, -0.25) is 0 Å².